The first-order valence-corrected chi connectivity index (χ1v) is 11.2. The molecule has 0 spiro atoms. The van der Waals surface area contributed by atoms with Gasteiger partial charge in [-0.15, -0.1) is 0 Å². The lowest BCUT2D eigenvalue weighted by Crippen LogP contribution is -2.46. The van der Waals surface area contributed by atoms with Crippen molar-refractivity contribution < 1.29 is 23.1 Å². The highest BCUT2D eigenvalue weighted by Gasteiger charge is 2.42. The van der Waals surface area contributed by atoms with Crippen LogP contribution >= 0.6 is 11.6 Å². The highest BCUT2D eigenvalue weighted by atomic mass is 35.5. The number of para-hydroxylation sites is 1. The van der Waals surface area contributed by atoms with E-state index in [-0.39, 0.29) is 11.5 Å². The first-order valence-electron chi connectivity index (χ1n) is 10.8. The maximum Gasteiger partial charge on any atom is 0.265 e. The molecular formula is C26H23ClF2N2O3. The van der Waals surface area contributed by atoms with Crippen molar-refractivity contribution in [2.45, 2.75) is 32.5 Å². The number of carbonyl (C=O) groups is 2. The van der Waals surface area contributed by atoms with Gasteiger partial charge in [-0.1, -0.05) is 49.7 Å². The average Bonchev–Trinajstić information content (AvgIpc) is 2.91. The van der Waals surface area contributed by atoms with Gasteiger partial charge in [-0.25, -0.2) is 8.78 Å². The summed E-state index contributed by atoms with van der Waals surface area (Å²) in [4.78, 5) is 28.4. The van der Waals surface area contributed by atoms with E-state index in [1.165, 1.54) is 12.1 Å². The second kappa shape index (κ2) is 9.81. The summed E-state index contributed by atoms with van der Waals surface area (Å²) in [6.45, 7) is 3.12. The summed E-state index contributed by atoms with van der Waals surface area (Å²) in [5, 5.41) is 3.12. The molecule has 1 heterocycles. The molecule has 0 bridgehead atoms. The van der Waals surface area contributed by atoms with Gasteiger partial charge in [-0.05, 0) is 48.4 Å². The van der Waals surface area contributed by atoms with Crippen molar-refractivity contribution in [2.75, 3.05) is 5.32 Å². The van der Waals surface area contributed by atoms with E-state index in [1.807, 2.05) is 0 Å². The fraction of sp³-hybridized carbons (Fsp3) is 0.231. The van der Waals surface area contributed by atoms with E-state index in [1.54, 1.807) is 56.3 Å². The van der Waals surface area contributed by atoms with Gasteiger partial charge in [0.15, 0.2) is 6.10 Å². The van der Waals surface area contributed by atoms with Crippen LogP contribution in [0.5, 0.6) is 5.75 Å². The summed E-state index contributed by atoms with van der Waals surface area (Å²) in [6, 6.07) is 15.6. The third kappa shape index (κ3) is 4.75. The lowest BCUT2D eigenvalue weighted by molar-refractivity contribution is -0.146. The van der Waals surface area contributed by atoms with Crippen molar-refractivity contribution in [2.24, 2.45) is 5.92 Å². The molecule has 3 aromatic rings. The van der Waals surface area contributed by atoms with Crippen molar-refractivity contribution in [3.05, 3.63) is 94.5 Å². The van der Waals surface area contributed by atoms with E-state index >= 15 is 0 Å². The Balaban J connectivity index is 1.86. The summed E-state index contributed by atoms with van der Waals surface area (Å²) in [5.74, 6) is -2.72. The Labute approximate surface area is 201 Å². The summed E-state index contributed by atoms with van der Waals surface area (Å²) in [7, 11) is 0. The van der Waals surface area contributed by atoms with E-state index in [0.29, 0.717) is 22.0 Å². The summed E-state index contributed by atoms with van der Waals surface area (Å²) in [6.07, 6.45) is -0.968. The van der Waals surface area contributed by atoms with Crippen molar-refractivity contribution in [3.63, 3.8) is 0 Å². The molecule has 2 unspecified atom stereocenters. The lowest BCUT2D eigenvalue weighted by atomic mass is 10.0. The Morgan fingerprint density at radius 3 is 2.38 bits per heavy atom. The second-order valence-corrected chi connectivity index (χ2v) is 8.83. The molecule has 5 nitrogen and oxygen atoms in total. The molecule has 1 N–H and O–H groups in total. The molecule has 4 rings (SSSR count). The van der Waals surface area contributed by atoms with Crippen LogP contribution in [0.1, 0.15) is 31.0 Å². The van der Waals surface area contributed by atoms with Crippen molar-refractivity contribution >= 4 is 29.1 Å². The Bertz CT molecular complexity index is 1200. The van der Waals surface area contributed by atoms with E-state index < -0.39 is 42.1 Å². The van der Waals surface area contributed by atoms with Gasteiger partial charge in [0, 0.05) is 21.8 Å². The summed E-state index contributed by atoms with van der Waals surface area (Å²) >= 11 is 6.24. The number of anilines is 1. The van der Waals surface area contributed by atoms with Crippen LogP contribution in [0.4, 0.5) is 14.5 Å². The monoisotopic (exact) mass is 484 g/mol. The van der Waals surface area contributed by atoms with Crippen LogP contribution in [-0.4, -0.2) is 22.8 Å². The first kappa shape index (κ1) is 23.7. The van der Waals surface area contributed by atoms with Gasteiger partial charge in [0.05, 0.1) is 6.54 Å². The Hall–Kier alpha value is -3.45. The van der Waals surface area contributed by atoms with Gasteiger partial charge < -0.3 is 15.0 Å². The minimum atomic E-state index is -1.25. The third-order valence-corrected chi connectivity index (χ3v) is 5.88. The van der Waals surface area contributed by atoms with Gasteiger partial charge in [0.25, 0.3) is 11.8 Å². The van der Waals surface area contributed by atoms with Crippen LogP contribution in [0.25, 0.3) is 0 Å². The van der Waals surface area contributed by atoms with Gasteiger partial charge in [0.2, 0.25) is 0 Å². The fourth-order valence-corrected chi connectivity index (χ4v) is 4.13. The molecule has 0 saturated carbocycles. The fourth-order valence-electron chi connectivity index (χ4n) is 3.95. The number of ether oxygens (including phenoxy) is 1. The Morgan fingerprint density at radius 2 is 1.74 bits per heavy atom. The highest BCUT2D eigenvalue weighted by Crippen LogP contribution is 2.39. The molecule has 2 amide bonds. The average molecular weight is 485 g/mol. The van der Waals surface area contributed by atoms with Crippen LogP contribution in [0.15, 0.2) is 66.7 Å². The predicted molar refractivity (Wildman–Crippen MR) is 125 cm³/mol. The lowest BCUT2D eigenvalue weighted by Gasteiger charge is -2.31. The number of carbonyl (C=O) groups excluding carboxylic acids is 2. The molecule has 176 valence electrons. The Kier molecular flexibility index (Phi) is 6.84. The van der Waals surface area contributed by atoms with Crippen LogP contribution in [0, 0.1) is 17.6 Å². The quantitative estimate of drug-likeness (QED) is 0.502. The third-order valence-electron chi connectivity index (χ3n) is 5.64. The summed E-state index contributed by atoms with van der Waals surface area (Å²) in [5.41, 5.74) is 0.515. The van der Waals surface area contributed by atoms with E-state index in [2.05, 4.69) is 5.32 Å². The minimum Gasteiger partial charge on any atom is -0.480 e. The molecule has 0 aromatic heterocycles. The second-order valence-electron chi connectivity index (χ2n) is 8.39. The molecule has 0 fully saturated rings. The number of fused-ring (bicyclic) bond motifs is 1. The van der Waals surface area contributed by atoms with Gasteiger partial charge in [-0.3, -0.25) is 9.59 Å². The number of amides is 2. The smallest absolute Gasteiger partial charge is 0.265 e. The number of halogens is 3. The van der Waals surface area contributed by atoms with E-state index in [4.69, 9.17) is 16.3 Å². The van der Waals surface area contributed by atoms with Crippen LogP contribution in [0.3, 0.4) is 0 Å². The molecule has 8 heteroatoms. The molecule has 34 heavy (non-hydrogen) atoms. The molecule has 1 aliphatic heterocycles. The number of benzene rings is 3. The molecular weight excluding hydrogens is 462 g/mol. The molecule has 0 aliphatic carbocycles. The van der Waals surface area contributed by atoms with Gasteiger partial charge in [0.1, 0.15) is 23.4 Å². The standard InChI is InChI=1S/C26H23ClF2N2O3/c1-15(2)24-26(33)31(14-19-20(28)9-6-10-21(19)29)23(18-13-16(27)11-12-22(18)34-24)25(32)30-17-7-4-3-5-8-17/h3-13,15,23-24H,14H2,1-2H3,(H,30,32). The zero-order valence-corrected chi connectivity index (χ0v) is 19.4. The summed E-state index contributed by atoms with van der Waals surface area (Å²) < 4.78 is 35.2. The van der Waals surface area contributed by atoms with E-state index in [9.17, 15) is 18.4 Å². The van der Waals surface area contributed by atoms with Crippen molar-refractivity contribution in [1.29, 1.82) is 0 Å². The maximum atomic E-state index is 14.6. The number of hydrogen-bond acceptors (Lipinski definition) is 3. The normalized spacial score (nSPS) is 17.7. The minimum absolute atomic E-state index is 0.278. The number of nitrogens with one attached hydrogen (secondary N) is 1. The largest absolute Gasteiger partial charge is 0.480 e. The van der Waals surface area contributed by atoms with Crippen LogP contribution < -0.4 is 10.1 Å². The molecule has 0 radical (unpaired) electrons. The highest BCUT2D eigenvalue weighted by molar-refractivity contribution is 6.30. The Morgan fingerprint density at radius 1 is 1.06 bits per heavy atom. The number of hydrogen-bond donors (Lipinski definition) is 1. The molecule has 3 aromatic carbocycles. The first-order chi connectivity index (χ1) is 16.3. The van der Waals surface area contributed by atoms with E-state index in [0.717, 1.165) is 17.0 Å². The SMILES string of the molecule is CC(C)C1Oc2ccc(Cl)cc2C(C(=O)Nc2ccccc2)N(Cc2c(F)cccc2F)C1=O. The van der Waals surface area contributed by atoms with Gasteiger partial charge in [-0.2, -0.15) is 0 Å². The van der Waals surface area contributed by atoms with Gasteiger partial charge >= 0.3 is 0 Å². The zero-order valence-electron chi connectivity index (χ0n) is 18.6. The predicted octanol–water partition coefficient (Wildman–Crippen LogP) is 5.74. The molecule has 0 saturated heterocycles. The van der Waals surface area contributed by atoms with Crippen LogP contribution in [0.2, 0.25) is 5.02 Å². The molecule has 2 atom stereocenters. The van der Waals surface area contributed by atoms with Crippen molar-refractivity contribution in [1.82, 2.24) is 4.90 Å². The number of nitrogens with zero attached hydrogens (tertiary/aromatic N) is 1. The zero-order chi connectivity index (χ0) is 24.4. The maximum absolute atomic E-state index is 14.6. The topological polar surface area (TPSA) is 58.6 Å². The van der Waals surface area contributed by atoms with Crippen LogP contribution in [-0.2, 0) is 16.1 Å². The number of rotatable bonds is 5. The van der Waals surface area contributed by atoms with Crippen molar-refractivity contribution in [3.8, 4) is 5.75 Å². The molecule has 1 aliphatic rings.